The van der Waals surface area contributed by atoms with Crippen LogP contribution in [0.1, 0.15) is 6.92 Å². The predicted molar refractivity (Wildman–Crippen MR) is 27.7 cm³/mol. The van der Waals surface area contributed by atoms with Crippen molar-refractivity contribution < 1.29 is 1.41 Å². The quantitative estimate of drug-likeness (QED) is 0.459. The van der Waals surface area contributed by atoms with E-state index in [0.717, 1.165) is 6.54 Å². The van der Waals surface area contributed by atoms with Gasteiger partial charge in [-0.1, -0.05) is 6.92 Å². The van der Waals surface area contributed by atoms with Gasteiger partial charge in [0.2, 0.25) is 0 Å². The second kappa shape index (κ2) is 3.69. The van der Waals surface area contributed by atoms with Crippen LogP contribution in [-0.2, 0) is 0 Å². The third-order valence-corrected chi connectivity index (χ3v) is 0.802. The van der Waals surface area contributed by atoms with Crippen molar-refractivity contribution in [1.82, 2.24) is 3.52 Å². The molecule has 0 saturated heterocycles. The van der Waals surface area contributed by atoms with Crippen molar-refractivity contribution in [3.63, 3.8) is 0 Å². The van der Waals surface area contributed by atoms with Crippen molar-refractivity contribution in [3.05, 3.63) is 0 Å². The maximum atomic E-state index is 6.65. The van der Waals surface area contributed by atoms with Gasteiger partial charge in [0.25, 0.3) is 0 Å². The van der Waals surface area contributed by atoms with Crippen molar-refractivity contribution in [3.8, 4) is 0 Å². The molecule has 2 heteroatoms. The molecule has 0 aromatic rings. The highest BCUT2D eigenvalue weighted by atomic mass is 127. The third kappa shape index (κ3) is 2.69. The van der Waals surface area contributed by atoms with Crippen LogP contribution < -0.4 is 3.52 Å². The molecule has 1 nitrogen and oxygen atoms in total. The molecule has 0 aliphatic rings. The predicted octanol–water partition coefficient (Wildman–Crippen LogP) is 0.946. The van der Waals surface area contributed by atoms with E-state index in [-0.39, 0.29) is 0 Å². The summed E-state index contributed by atoms with van der Waals surface area (Å²) in [4.78, 5) is 0. The molecule has 0 unspecified atom stereocenters. The van der Waals surface area contributed by atoms with Gasteiger partial charge < -0.3 is 0 Å². The van der Waals surface area contributed by atoms with E-state index in [4.69, 9.17) is 1.41 Å². The highest BCUT2D eigenvalue weighted by molar-refractivity contribution is 14.1. The summed E-state index contributed by atoms with van der Waals surface area (Å²) >= 11 is 1.91. The van der Waals surface area contributed by atoms with Crippen LogP contribution >= 0.6 is 22.9 Å². The topological polar surface area (TPSA) is 12.0 Å². The van der Waals surface area contributed by atoms with Crippen molar-refractivity contribution in [1.29, 1.82) is 0 Å². The smallest absolute Gasteiger partial charge is 0.134 e. The normalized spacial score (nSPS) is 12.2. The first-order valence-electron chi connectivity index (χ1n) is 1.64. The standard InChI is InChI=1S/C2H6IN/c1-2-4-3/h4H,2H2,1H3/i/hT. The van der Waals surface area contributed by atoms with Crippen molar-refractivity contribution in [2.24, 2.45) is 0 Å². The monoisotopic (exact) mass is 173 g/mol. The second-order valence-electron chi connectivity index (χ2n) is 0.436. The first kappa shape index (κ1) is 2.90. The lowest BCUT2D eigenvalue weighted by atomic mass is 10.8. The summed E-state index contributed by atoms with van der Waals surface area (Å²) in [5, 5.41) is 0. The highest BCUT2D eigenvalue weighted by Crippen LogP contribution is 1.60. The van der Waals surface area contributed by atoms with E-state index in [1.54, 1.807) is 0 Å². The van der Waals surface area contributed by atoms with E-state index in [1.807, 2.05) is 29.8 Å². The zero-order chi connectivity index (χ0) is 4.28. The summed E-state index contributed by atoms with van der Waals surface area (Å²) < 4.78 is 7.99. The van der Waals surface area contributed by atoms with Gasteiger partial charge in [-0.2, -0.15) is 0 Å². The molecular weight excluding hydrogens is 165 g/mol. The maximum absolute atomic E-state index is 6.65. The third-order valence-electron chi connectivity index (χ3n) is 0.120. The lowest BCUT2D eigenvalue weighted by Gasteiger charge is -1.72. The maximum Gasteiger partial charge on any atom is 0.134 e. The van der Waals surface area contributed by atoms with E-state index in [1.165, 1.54) is 3.52 Å². The van der Waals surface area contributed by atoms with Gasteiger partial charge in [-0.15, -0.1) is 0 Å². The van der Waals surface area contributed by atoms with Crippen LogP contribution in [0.3, 0.4) is 0 Å². The average Bonchev–Trinajstić information content (AvgIpc) is 1.38. The van der Waals surface area contributed by atoms with Gasteiger partial charge in [0.1, 0.15) is 1.41 Å². The Morgan fingerprint density at radius 3 is 2.75 bits per heavy atom. The number of hydrogen-bond donors (Lipinski definition) is 1. The Morgan fingerprint density at radius 2 is 2.75 bits per heavy atom. The SMILES string of the molecule is [3H]N(I)CC. The Balaban J connectivity index is 2.54. The Morgan fingerprint density at radius 1 is 2.50 bits per heavy atom. The van der Waals surface area contributed by atoms with Crippen LogP contribution in [0.2, 0.25) is 1.41 Å². The number of halogens is 1. The summed E-state index contributed by atoms with van der Waals surface area (Å²) in [6.07, 6.45) is 0. The first-order valence-corrected chi connectivity index (χ1v) is 2.16. The minimum Gasteiger partial charge on any atom is -0.261 e. The molecule has 0 rings (SSSR count). The molecule has 0 spiro atoms. The lowest BCUT2D eigenvalue weighted by Crippen LogP contribution is -1.90. The summed E-state index contributed by atoms with van der Waals surface area (Å²) in [7, 11) is 0. The Kier molecular flexibility index (Phi) is 2.68. The van der Waals surface area contributed by atoms with Crippen molar-refractivity contribution in [2.75, 3.05) is 6.54 Å². The average molecular weight is 173 g/mol. The van der Waals surface area contributed by atoms with Crippen LogP contribution in [0, 0.1) is 0 Å². The molecule has 0 atom stereocenters. The number of nitrogens with one attached hydrogen (secondary N) is 1. The molecule has 0 aromatic carbocycles. The van der Waals surface area contributed by atoms with E-state index in [2.05, 4.69) is 0 Å². The fourth-order valence-electron chi connectivity index (χ4n) is 0. The molecule has 0 saturated carbocycles. The molecule has 0 aliphatic carbocycles. The van der Waals surface area contributed by atoms with Crippen LogP contribution in [0.5, 0.6) is 0 Å². The molecule has 1 N–H and O–H groups in total. The molecule has 0 aromatic heterocycles. The van der Waals surface area contributed by atoms with Gasteiger partial charge >= 0.3 is 0 Å². The van der Waals surface area contributed by atoms with Gasteiger partial charge in [0, 0.05) is 29.4 Å². The van der Waals surface area contributed by atoms with Gasteiger partial charge in [0.15, 0.2) is 0 Å². The minimum atomic E-state index is 0.792. The van der Waals surface area contributed by atoms with Crippen molar-refractivity contribution >= 4 is 22.9 Å². The van der Waals surface area contributed by atoms with Gasteiger partial charge in [-0.25, -0.2) is 0 Å². The zero-order valence-corrected chi connectivity index (χ0v) is 4.69. The summed E-state index contributed by atoms with van der Waals surface area (Å²) in [6, 6.07) is 0. The molecule has 4 heavy (non-hydrogen) atoms. The van der Waals surface area contributed by atoms with Crippen molar-refractivity contribution in [2.45, 2.75) is 6.92 Å². The van der Waals surface area contributed by atoms with Crippen LogP contribution in [0.15, 0.2) is 0 Å². The van der Waals surface area contributed by atoms with Gasteiger partial charge in [-0.05, 0) is 0 Å². The van der Waals surface area contributed by atoms with Gasteiger partial charge in [0.05, 0.1) is 0 Å². The summed E-state index contributed by atoms with van der Waals surface area (Å²) in [5.74, 6) is 0. The summed E-state index contributed by atoms with van der Waals surface area (Å²) in [6.45, 7) is 2.72. The van der Waals surface area contributed by atoms with E-state index < -0.39 is 0 Å². The highest BCUT2D eigenvalue weighted by Gasteiger charge is 1.53. The Bertz CT molecular complexity index is 23.6. The van der Waals surface area contributed by atoms with E-state index in [9.17, 15) is 0 Å². The van der Waals surface area contributed by atoms with Crippen LogP contribution in [0.25, 0.3) is 0 Å². The number of rotatable bonds is 1. The second-order valence-corrected chi connectivity index (χ2v) is 1.12. The van der Waals surface area contributed by atoms with E-state index >= 15 is 0 Å². The largest absolute Gasteiger partial charge is 0.261 e. The molecule has 0 radical (unpaired) electrons. The van der Waals surface area contributed by atoms with Gasteiger partial charge in [-0.3, -0.25) is 3.52 Å². The molecular formula is C2H6IN. The van der Waals surface area contributed by atoms with E-state index in [0.29, 0.717) is 0 Å². The molecule has 0 amide bonds. The summed E-state index contributed by atoms with van der Waals surface area (Å²) in [5.41, 5.74) is 0. The Labute approximate surface area is 41.7 Å². The van der Waals surface area contributed by atoms with Crippen LogP contribution in [0.4, 0.5) is 0 Å². The first-order chi connectivity index (χ1) is 2.27. The fraction of sp³-hybridized carbons (Fsp3) is 1.00. The molecule has 0 aliphatic heterocycles. The zero-order valence-electron chi connectivity index (χ0n) is 3.53. The lowest BCUT2D eigenvalue weighted by molar-refractivity contribution is 1.07. The molecule has 0 heterocycles. The minimum absolute atomic E-state index is 0.792. The number of hydrogen-bond acceptors (Lipinski definition) is 1. The molecule has 0 fully saturated rings. The molecule has 0 bridgehead atoms. The Hall–Kier alpha value is 0.690. The van der Waals surface area contributed by atoms with Crippen LogP contribution in [-0.4, -0.2) is 6.54 Å². The fourth-order valence-corrected chi connectivity index (χ4v) is 0. The molecule has 26 valence electrons.